The number of hydrogen-bond acceptors (Lipinski definition) is 5. The van der Waals surface area contributed by atoms with Crippen LogP contribution in [0.15, 0.2) is 47.8 Å². The number of benzene rings is 1. The number of carbonyl (C=O) groups excluding carboxylic acids is 1. The average molecular weight is 306 g/mol. The molecule has 0 radical (unpaired) electrons. The van der Waals surface area contributed by atoms with E-state index in [1.165, 1.54) is 0 Å². The summed E-state index contributed by atoms with van der Waals surface area (Å²) in [7, 11) is 0. The molecule has 0 aliphatic rings. The first-order chi connectivity index (χ1) is 10.0. The van der Waals surface area contributed by atoms with E-state index in [0.29, 0.717) is 0 Å². The highest BCUT2D eigenvalue weighted by Gasteiger charge is 2.16. The van der Waals surface area contributed by atoms with Crippen molar-refractivity contribution >= 4 is 23.3 Å². The molecule has 0 bridgehead atoms. The van der Waals surface area contributed by atoms with Gasteiger partial charge in [-0.2, -0.15) is 0 Å². The fourth-order valence-electron chi connectivity index (χ4n) is 1.61. The summed E-state index contributed by atoms with van der Waals surface area (Å²) in [6.07, 6.45) is 0.960. The Morgan fingerprint density at radius 1 is 1.43 bits per heavy atom. The quantitative estimate of drug-likeness (QED) is 0.685. The molecule has 2 rings (SSSR count). The van der Waals surface area contributed by atoms with Gasteiger partial charge < -0.3 is 10.5 Å². The van der Waals surface area contributed by atoms with Crippen molar-refractivity contribution in [3.8, 4) is 5.88 Å². The highest BCUT2D eigenvalue weighted by atomic mass is 35.5. The van der Waals surface area contributed by atoms with E-state index < -0.39 is 11.5 Å². The number of carbonyl (C=O) groups is 1. The largest absolute Gasteiger partial charge is 0.400 e. The summed E-state index contributed by atoms with van der Waals surface area (Å²) in [4.78, 5) is 23.3. The van der Waals surface area contributed by atoms with Crippen LogP contribution >= 0.6 is 11.6 Å². The van der Waals surface area contributed by atoms with E-state index in [-0.39, 0.29) is 23.1 Å². The van der Waals surface area contributed by atoms with Gasteiger partial charge in [-0.15, -0.1) is 5.10 Å². The summed E-state index contributed by atoms with van der Waals surface area (Å²) >= 11 is 5.87. The van der Waals surface area contributed by atoms with Crippen LogP contribution < -0.4 is 16.0 Å². The van der Waals surface area contributed by atoms with E-state index in [1.54, 1.807) is 0 Å². The molecular weight excluding hydrogens is 294 g/mol. The lowest BCUT2D eigenvalue weighted by Crippen LogP contribution is -2.26. The molecule has 108 valence electrons. The fourth-order valence-corrected chi connectivity index (χ4v) is 1.79. The number of ether oxygens (including phenoxy) is 1. The standard InChI is InChI=1S/C14H12ClN3O3/c1-2-10(19)21-13-12(16)11(15)14(20)18(17-13)8-9-6-4-3-5-7-9/h2-7H,1,8,16H2. The van der Waals surface area contributed by atoms with Gasteiger partial charge in [-0.05, 0) is 5.56 Å². The van der Waals surface area contributed by atoms with Gasteiger partial charge in [-0.3, -0.25) is 4.79 Å². The van der Waals surface area contributed by atoms with E-state index in [4.69, 9.17) is 22.1 Å². The van der Waals surface area contributed by atoms with E-state index in [2.05, 4.69) is 11.7 Å². The second-order valence-corrected chi connectivity index (χ2v) is 4.48. The molecule has 0 unspecified atom stereocenters. The molecular formula is C14H12ClN3O3. The van der Waals surface area contributed by atoms with Crippen molar-refractivity contribution in [2.24, 2.45) is 0 Å². The van der Waals surface area contributed by atoms with Gasteiger partial charge in [-0.25, -0.2) is 9.48 Å². The topological polar surface area (TPSA) is 87.2 Å². The van der Waals surface area contributed by atoms with Crippen LogP contribution in [0.5, 0.6) is 5.88 Å². The van der Waals surface area contributed by atoms with Crippen molar-refractivity contribution in [3.05, 3.63) is 63.9 Å². The van der Waals surface area contributed by atoms with Gasteiger partial charge in [0.1, 0.15) is 10.7 Å². The SMILES string of the molecule is C=CC(=O)Oc1nn(Cc2ccccc2)c(=O)c(Cl)c1N. The van der Waals surface area contributed by atoms with Crippen molar-refractivity contribution in [1.82, 2.24) is 9.78 Å². The fraction of sp³-hybridized carbons (Fsp3) is 0.0714. The number of rotatable bonds is 4. The Bertz CT molecular complexity index is 741. The van der Waals surface area contributed by atoms with Crippen LogP contribution in [0.4, 0.5) is 5.69 Å². The van der Waals surface area contributed by atoms with Crippen LogP contribution in [-0.2, 0) is 11.3 Å². The van der Waals surface area contributed by atoms with Gasteiger partial charge in [0.15, 0.2) is 0 Å². The van der Waals surface area contributed by atoms with E-state index in [9.17, 15) is 9.59 Å². The zero-order valence-electron chi connectivity index (χ0n) is 11.0. The molecule has 0 aliphatic heterocycles. The van der Waals surface area contributed by atoms with Crippen molar-refractivity contribution in [1.29, 1.82) is 0 Å². The number of halogens is 1. The Labute approximate surface area is 125 Å². The maximum absolute atomic E-state index is 12.0. The third-order valence-electron chi connectivity index (χ3n) is 2.64. The number of aromatic nitrogens is 2. The van der Waals surface area contributed by atoms with Gasteiger partial charge in [0.05, 0.1) is 6.54 Å². The second-order valence-electron chi connectivity index (χ2n) is 4.11. The molecule has 6 nitrogen and oxygen atoms in total. The monoisotopic (exact) mass is 305 g/mol. The molecule has 1 aromatic heterocycles. The molecule has 21 heavy (non-hydrogen) atoms. The first-order valence-electron chi connectivity index (χ1n) is 5.97. The van der Waals surface area contributed by atoms with Crippen LogP contribution in [-0.4, -0.2) is 15.7 Å². The molecule has 0 saturated heterocycles. The number of hydrogen-bond donors (Lipinski definition) is 1. The van der Waals surface area contributed by atoms with E-state index >= 15 is 0 Å². The zero-order valence-corrected chi connectivity index (χ0v) is 11.7. The van der Waals surface area contributed by atoms with Crippen LogP contribution in [0.25, 0.3) is 0 Å². The summed E-state index contributed by atoms with van der Waals surface area (Å²) in [5.41, 5.74) is 5.73. The molecule has 1 heterocycles. The molecule has 0 atom stereocenters. The van der Waals surface area contributed by atoms with E-state index in [0.717, 1.165) is 16.3 Å². The minimum atomic E-state index is -0.741. The summed E-state index contributed by atoms with van der Waals surface area (Å²) in [6, 6.07) is 9.17. The Kier molecular flexibility index (Phi) is 4.39. The minimum Gasteiger partial charge on any atom is -0.400 e. The molecule has 2 aromatic rings. The number of anilines is 1. The average Bonchev–Trinajstić information content (AvgIpc) is 2.50. The highest BCUT2D eigenvalue weighted by molar-refractivity contribution is 6.33. The lowest BCUT2D eigenvalue weighted by Gasteiger charge is -2.10. The summed E-state index contributed by atoms with van der Waals surface area (Å²) in [6.45, 7) is 3.45. The van der Waals surface area contributed by atoms with Crippen LogP contribution in [0.2, 0.25) is 5.02 Å². The molecule has 2 N–H and O–H groups in total. The van der Waals surface area contributed by atoms with E-state index in [1.807, 2.05) is 30.3 Å². The Hall–Kier alpha value is -2.60. The predicted molar refractivity (Wildman–Crippen MR) is 79.3 cm³/mol. The first kappa shape index (κ1) is 14.8. The van der Waals surface area contributed by atoms with Crippen molar-refractivity contribution < 1.29 is 9.53 Å². The Morgan fingerprint density at radius 3 is 2.71 bits per heavy atom. The predicted octanol–water partition coefficient (Wildman–Crippen LogP) is 1.62. The van der Waals surface area contributed by atoms with Gasteiger partial charge in [0, 0.05) is 6.08 Å². The number of nitrogens with zero attached hydrogens (tertiary/aromatic N) is 2. The lowest BCUT2D eigenvalue weighted by atomic mass is 10.2. The molecule has 0 saturated carbocycles. The lowest BCUT2D eigenvalue weighted by molar-refractivity contribution is -0.129. The Morgan fingerprint density at radius 2 is 2.10 bits per heavy atom. The van der Waals surface area contributed by atoms with Gasteiger partial charge >= 0.3 is 5.97 Å². The van der Waals surface area contributed by atoms with Crippen LogP contribution in [0.1, 0.15) is 5.56 Å². The Balaban J connectivity index is 2.44. The maximum atomic E-state index is 12.0. The molecule has 0 fully saturated rings. The molecule has 0 spiro atoms. The van der Waals surface area contributed by atoms with Crippen molar-refractivity contribution in [2.45, 2.75) is 6.54 Å². The zero-order chi connectivity index (χ0) is 15.4. The molecule has 0 amide bonds. The van der Waals surface area contributed by atoms with Crippen LogP contribution in [0, 0.1) is 0 Å². The summed E-state index contributed by atoms with van der Waals surface area (Å²) < 4.78 is 5.95. The highest BCUT2D eigenvalue weighted by Crippen LogP contribution is 2.23. The second kappa shape index (κ2) is 6.23. The van der Waals surface area contributed by atoms with Crippen molar-refractivity contribution in [2.75, 3.05) is 5.73 Å². The summed E-state index contributed by atoms with van der Waals surface area (Å²) in [5.74, 6) is -0.962. The molecule has 7 heteroatoms. The third kappa shape index (κ3) is 3.29. The smallest absolute Gasteiger partial charge is 0.337 e. The molecule has 0 aliphatic carbocycles. The van der Waals surface area contributed by atoms with Gasteiger partial charge in [-0.1, -0.05) is 48.5 Å². The molecule has 1 aromatic carbocycles. The van der Waals surface area contributed by atoms with Crippen molar-refractivity contribution in [3.63, 3.8) is 0 Å². The first-order valence-corrected chi connectivity index (χ1v) is 6.35. The summed E-state index contributed by atoms with van der Waals surface area (Å²) in [5, 5.41) is 3.68. The number of esters is 1. The third-order valence-corrected chi connectivity index (χ3v) is 3.00. The van der Waals surface area contributed by atoms with Gasteiger partial charge in [0.2, 0.25) is 0 Å². The van der Waals surface area contributed by atoms with Gasteiger partial charge in [0.25, 0.3) is 11.4 Å². The minimum absolute atomic E-state index is 0.179. The normalized spacial score (nSPS) is 10.1. The number of nitrogen functional groups attached to an aromatic ring is 1. The number of nitrogens with two attached hydrogens (primary N) is 1. The van der Waals surface area contributed by atoms with Crippen LogP contribution in [0.3, 0.4) is 0 Å². The maximum Gasteiger partial charge on any atom is 0.337 e.